The Bertz CT molecular complexity index is 2170. The number of imide groups is 1. The number of carbonyl (C=O) groups excluding carboxylic acids is 4. The summed E-state index contributed by atoms with van der Waals surface area (Å²) in [6.45, 7) is 3.28. The summed E-state index contributed by atoms with van der Waals surface area (Å²) < 4.78 is 129. The summed E-state index contributed by atoms with van der Waals surface area (Å²) in [5.74, 6) is -6.40. The van der Waals surface area contributed by atoms with E-state index in [4.69, 9.17) is 9.39 Å². The molecule has 57 heavy (non-hydrogen) atoms. The first-order valence-electron chi connectivity index (χ1n) is 17.2. The number of allylic oxidation sites excluding steroid dienone is 4. The Morgan fingerprint density at radius 1 is 0.877 bits per heavy atom. The van der Waals surface area contributed by atoms with Gasteiger partial charge < -0.3 is 15.1 Å². The average molecular weight is 887 g/mol. The van der Waals surface area contributed by atoms with Crippen molar-refractivity contribution in [3.63, 3.8) is 0 Å². The Morgan fingerprint density at radius 2 is 1.47 bits per heavy atom. The van der Waals surface area contributed by atoms with Gasteiger partial charge in [0.15, 0.2) is 0 Å². The molecule has 0 saturated carbocycles. The lowest BCUT2D eigenvalue weighted by Gasteiger charge is -2.29. The van der Waals surface area contributed by atoms with Crippen molar-refractivity contribution in [2.75, 3.05) is 35.2 Å². The number of nitrogens with one attached hydrogen (secondary N) is 1. The molecule has 1 aromatic rings. The summed E-state index contributed by atoms with van der Waals surface area (Å²) in [6, 6.07) is 1.80. The first-order valence-corrected chi connectivity index (χ1v) is 23.5. The van der Waals surface area contributed by atoms with Gasteiger partial charge in [-0.25, -0.2) is 4.79 Å². The molecule has 0 radical (unpaired) electrons. The molecule has 1 aromatic carbocycles. The standard InChI is InChI=1S/C32H46N4O17S4/c1-23-21-26(57(50,51)52)13-14-28(23)35(18-8-20-55(44,45)46)25(11-6-9-24(2)33-17-7-19-54(41,42)43)10-4-3-5-12-29(37)34-27(22-56(47,48)49)32(40)53-36-30(38)15-16-31(36)39/h6,9,11,13-14,21,27H,3-5,7-8,10,12,15-20,22H2,1-2H3,(H,34,37)(H,41,42,43)(H,44,45,46)(H,47,48,49)(H,50,51,52)/b9-6+,25-11+,33-24?. The number of hydrogen-bond donors (Lipinski definition) is 5. The third-order valence-corrected chi connectivity index (χ3v) is 11.2. The second-order valence-electron chi connectivity index (χ2n) is 12.8. The fourth-order valence-electron chi connectivity index (χ4n) is 5.30. The quantitative estimate of drug-likeness (QED) is 0.0322. The van der Waals surface area contributed by atoms with E-state index in [0.29, 0.717) is 35.5 Å². The van der Waals surface area contributed by atoms with Gasteiger partial charge in [0.2, 0.25) is 5.91 Å². The first kappa shape index (κ1) is 49.0. The normalized spacial score (nSPS) is 15.3. The molecule has 1 fully saturated rings. The third kappa shape index (κ3) is 19.3. The molecular formula is C32H46N4O17S4. The zero-order valence-electron chi connectivity index (χ0n) is 31.0. The minimum absolute atomic E-state index is 0.00346. The zero-order valence-corrected chi connectivity index (χ0v) is 34.3. The summed E-state index contributed by atoms with van der Waals surface area (Å²) in [5.41, 5.74) is 1.81. The van der Waals surface area contributed by atoms with Crippen LogP contribution in [0.1, 0.15) is 70.3 Å². The van der Waals surface area contributed by atoms with E-state index < -0.39 is 92.4 Å². The average Bonchev–Trinajstić information content (AvgIpc) is 3.38. The highest BCUT2D eigenvalue weighted by Crippen LogP contribution is 2.29. The molecule has 0 bridgehead atoms. The van der Waals surface area contributed by atoms with Crippen molar-refractivity contribution < 1.29 is 75.9 Å². The van der Waals surface area contributed by atoms with Crippen molar-refractivity contribution in [1.29, 1.82) is 0 Å². The van der Waals surface area contributed by atoms with Gasteiger partial charge in [0.05, 0.1) is 16.4 Å². The van der Waals surface area contributed by atoms with E-state index in [1.54, 1.807) is 37.0 Å². The fraction of sp³-hybridized carbons (Fsp3) is 0.531. The number of aliphatic imine (C=N–C) groups is 1. The van der Waals surface area contributed by atoms with Gasteiger partial charge >= 0.3 is 5.97 Å². The Morgan fingerprint density at radius 3 is 2.04 bits per heavy atom. The minimum Gasteiger partial charge on any atom is -0.345 e. The van der Waals surface area contributed by atoms with Crippen LogP contribution in [-0.4, -0.2) is 123 Å². The SMILES string of the molecule is CC(/C=C/C=C(\CCCCCC(=O)NC(CS(=O)(=O)O)C(=O)ON1C(=O)CCC1=O)N(CCCS(=O)(=O)O)c1ccc(S(=O)(=O)O)cc1C)=NCCCS(=O)(=O)O. The highest BCUT2D eigenvalue weighted by atomic mass is 32.2. The van der Waals surface area contributed by atoms with Gasteiger partial charge in [-0.3, -0.25) is 37.6 Å². The maximum absolute atomic E-state index is 12.7. The maximum Gasteiger partial charge on any atom is 0.356 e. The highest BCUT2D eigenvalue weighted by Gasteiger charge is 2.36. The molecule has 1 heterocycles. The van der Waals surface area contributed by atoms with Gasteiger partial charge in [0, 0.05) is 49.4 Å². The molecule has 1 atom stereocenters. The summed E-state index contributed by atoms with van der Waals surface area (Å²) in [7, 11) is -17.9. The van der Waals surface area contributed by atoms with Crippen LogP contribution >= 0.6 is 0 Å². The van der Waals surface area contributed by atoms with Crippen LogP contribution in [0.15, 0.2) is 52.0 Å². The predicted octanol–water partition coefficient (Wildman–Crippen LogP) is 1.44. The largest absolute Gasteiger partial charge is 0.356 e. The summed E-state index contributed by atoms with van der Waals surface area (Å²) in [5, 5.41) is 2.28. The van der Waals surface area contributed by atoms with Crippen molar-refractivity contribution in [1.82, 2.24) is 10.4 Å². The van der Waals surface area contributed by atoms with Crippen LogP contribution in [-0.2, 0) is 64.5 Å². The van der Waals surface area contributed by atoms with Crippen LogP contribution in [0, 0.1) is 6.92 Å². The molecule has 1 aliphatic rings. The highest BCUT2D eigenvalue weighted by molar-refractivity contribution is 7.86. The van der Waals surface area contributed by atoms with Crippen molar-refractivity contribution in [2.24, 2.45) is 4.99 Å². The van der Waals surface area contributed by atoms with Gasteiger partial charge in [-0.05, 0) is 81.9 Å². The Kier molecular flexibility index (Phi) is 18.6. The second-order valence-corrected chi connectivity index (χ2v) is 18.9. The Balaban J connectivity index is 2.29. The lowest BCUT2D eigenvalue weighted by atomic mass is 10.1. The van der Waals surface area contributed by atoms with Crippen molar-refractivity contribution in [3.8, 4) is 0 Å². The number of hydroxylamine groups is 2. The lowest BCUT2D eigenvalue weighted by Crippen LogP contribution is -2.48. The molecule has 5 N–H and O–H groups in total. The van der Waals surface area contributed by atoms with E-state index in [1.807, 2.05) is 0 Å². The topological polar surface area (TPSA) is 326 Å². The van der Waals surface area contributed by atoms with Gasteiger partial charge in [-0.15, -0.1) is 5.06 Å². The van der Waals surface area contributed by atoms with E-state index >= 15 is 0 Å². The molecule has 21 nitrogen and oxygen atoms in total. The van der Waals surface area contributed by atoms with Gasteiger partial charge in [-0.2, -0.15) is 33.7 Å². The number of benzene rings is 1. The number of nitrogens with zero attached hydrogens (tertiary/aromatic N) is 3. The van der Waals surface area contributed by atoms with E-state index in [9.17, 15) is 66.5 Å². The zero-order chi connectivity index (χ0) is 43.2. The molecule has 1 saturated heterocycles. The fourth-order valence-corrected chi connectivity index (χ4v) is 7.50. The molecule has 0 aromatic heterocycles. The van der Waals surface area contributed by atoms with Crippen LogP contribution in [0.5, 0.6) is 0 Å². The summed E-state index contributed by atoms with van der Waals surface area (Å²) in [4.78, 5) is 59.1. The van der Waals surface area contributed by atoms with E-state index in [2.05, 4.69) is 10.3 Å². The number of anilines is 1. The molecule has 3 amide bonds. The second kappa shape index (κ2) is 21.6. The molecule has 1 aliphatic heterocycles. The van der Waals surface area contributed by atoms with Crippen LogP contribution in [0.3, 0.4) is 0 Å². The van der Waals surface area contributed by atoms with Crippen LogP contribution < -0.4 is 10.2 Å². The third-order valence-electron chi connectivity index (χ3n) is 7.96. The number of carbonyl (C=O) groups is 4. The first-order chi connectivity index (χ1) is 26.3. The van der Waals surface area contributed by atoms with Gasteiger partial charge in [0.1, 0.15) is 11.8 Å². The smallest absolute Gasteiger partial charge is 0.345 e. The van der Waals surface area contributed by atoms with Gasteiger partial charge in [0.25, 0.3) is 52.3 Å². The Hall–Kier alpha value is -4.11. The van der Waals surface area contributed by atoms with Crippen molar-refractivity contribution in [2.45, 2.75) is 82.6 Å². The molecule has 0 aliphatic carbocycles. The number of rotatable bonds is 24. The lowest BCUT2D eigenvalue weighted by molar-refractivity contribution is -0.198. The Labute approximate surface area is 331 Å². The summed E-state index contributed by atoms with van der Waals surface area (Å²) in [6.07, 6.45) is 5.20. The number of unbranched alkanes of at least 4 members (excludes halogenated alkanes) is 2. The molecule has 2 rings (SSSR count). The van der Waals surface area contributed by atoms with Crippen molar-refractivity contribution >= 4 is 75.6 Å². The maximum atomic E-state index is 12.7. The van der Waals surface area contributed by atoms with Crippen LogP contribution in [0.4, 0.5) is 5.69 Å². The van der Waals surface area contributed by atoms with Gasteiger partial charge in [-0.1, -0.05) is 12.5 Å². The molecule has 25 heteroatoms. The van der Waals surface area contributed by atoms with Crippen LogP contribution in [0.2, 0.25) is 0 Å². The van der Waals surface area contributed by atoms with E-state index in [1.165, 1.54) is 12.1 Å². The van der Waals surface area contributed by atoms with E-state index in [0.717, 1.165) is 6.07 Å². The van der Waals surface area contributed by atoms with Crippen LogP contribution in [0.25, 0.3) is 0 Å². The molecular weight excluding hydrogens is 841 g/mol. The predicted molar refractivity (Wildman–Crippen MR) is 204 cm³/mol. The molecule has 0 spiro atoms. The monoisotopic (exact) mass is 886 g/mol. The number of hydrogen-bond acceptors (Lipinski definition) is 15. The molecule has 320 valence electrons. The van der Waals surface area contributed by atoms with Crippen molar-refractivity contribution in [3.05, 3.63) is 47.7 Å². The van der Waals surface area contributed by atoms with E-state index in [-0.39, 0.29) is 63.1 Å². The molecule has 1 unspecified atom stereocenters. The minimum atomic E-state index is -4.85. The number of amides is 3. The summed E-state index contributed by atoms with van der Waals surface area (Å²) >= 11 is 0. The number of aryl methyl sites for hydroxylation is 1.